The minimum absolute atomic E-state index is 0.233. The lowest BCUT2D eigenvalue weighted by molar-refractivity contribution is -0.142. The summed E-state index contributed by atoms with van der Waals surface area (Å²) in [4.78, 5) is 13.2. The number of ether oxygens (including phenoxy) is 1. The van der Waals surface area contributed by atoms with Gasteiger partial charge in [0.25, 0.3) is 0 Å². The third-order valence-electron chi connectivity index (χ3n) is 2.67. The fourth-order valence-electron chi connectivity index (χ4n) is 1.74. The van der Waals surface area contributed by atoms with E-state index in [1.54, 1.807) is 12.1 Å². The van der Waals surface area contributed by atoms with E-state index in [2.05, 4.69) is 0 Å². The highest BCUT2D eigenvalue weighted by atomic mass is 35.5. The molecule has 0 aliphatic rings. The van der Waals surface area contributed by atoms with Gasteiger partial charge in [0.2, 0.25) is 0 Å². The molecule has 0 saturated heterocycles. The molecule has 0 radical (unpaired) electrons. The Morgan fingerprint density at radius 1 is 1.15 bits per heavy atom. The molecule has 0 heterocycles. The summed E-state index contributed by atoms with van der Waals surface area (Å²) in [6.45, 7) is 2.18. The lowest BCUT2D eigenvalue weighted by atomic mass is 10.1. The van der Waals surface area contributed by atoms with Crippen molar-refractivity contribution in [3.05, 3.63) is 65.2 Å². The molecule has 1 unspecified atom stereocenters. The lowest BCUT2D eigenvalue weighted by Crippen LogP contribution is -2.13. The van der Waals surface area contributed by atoms with Crippen LogP contribution in [-0.4, -0.2) is 12.6 Å². The maximum Gasteiger partial charge on any atom is 0.323 e. The second kappa shape index (κ2) is 7.36. The van der Waals surface area contributed by atoms with Crippen molar-refractivity contribution in [2.75, 3.05) is 6.61 Å². The molecule has 0 spiro atoms. The van der Waals surface area contributed by atoms with Crippen molar-refractivity contribution in [2.45, 2.75) is 17.1 Å². The predicted molar refractivity (Wildman–Crippen MR) is 83.1 cm³/mol. The first-order chi connectivity index (χ1) is 9.70. The van der Waals surface area contributed by atoms with E-state index in [9.17, 15) is 4.79 Å². The summed E-state index contributed by atoms with van der Waals surface area (Å²) in [5, 5.41) is 0.274. The summed E-state index contributed by atoms with van der Waals surface area (Å²) in [6, 6.07) is 17.1. The summed E-state index contributed by atoms with van der Waals surface area (Å²) >= 11 is 7.37. The summed E-state index contributed by atoms with van der Waals surface area (Å²) in [7, 11) is 0. The number of carbonyl (C=O) groups excluding carboxylic acids is 1. The highest BCUT2D eigenvalue weighted by Crippen LogP contribution is 2.36. The highest BCUT2D eigenvalue weighted by molar-refractivity contribution is 8.00. The number of rotatable bonds is 5. The van der Waals surface area contributed by atoms with Crippen LogP contribution in [0.1, 0.15) is 17.7 Å². The second-order valence-corrected chi connectivity index (χ2v) is 5.73. The van der Waals surface area contributed by atoms with Gasteiger partial charge in [0, 0.05) is 9.92 Å². The first-order valence-electron chi connectivity index (χ1n) is 6.34. The maximum absolute atomic E-state index is 12.2. The number of halogens is 1. The Morgan fingerprint density at radius 3 is 2.40 bits per heavy atom. The van der Waals surface area contributed by atoms with Crippen molar-refractivity contribution in [2.24, 2.45) is 0 Å². The van der Waals surface area contributed by atoms with Crippen LogP contribution in [0.3, 0.4) is 0 Å². The molecule has 2 rings (SSSR count). The number of hydrogen-bond acceptors (Lipinski definition) is 3. The Kier molecular flexibility index (Phi) is 5.50. The van der Waals surface area contributed by atoms with E-state index < -0.39 is 0 Å². The Morgan fingerprint density at radius 2 is 1.80 bits per heavy atom. The van der Waals surface area contributed by atoms with Crippen molar-refractivity contribution in [1.29, 1.82) is 0 Å². The van der Waals surface area contributed by atoms with Gasteiger partial charge in [-0.2, -0.15) is 0 Å². The van der Waals surface area contributed by atoms with Gasteiger partial charge in [-0.3, -0.25) is 4.79 Å². The van der Waals surface area contributed by atoms with Gasteiger partial charge in [-0.25, -0.2) is 0 Å². The molecule has 2 nitrogen and oxygen atoms in total. The SMILES string of the molecule is CCOC(=O)C(Sc1ccccc1)c1ccc(Cl)cc1. The molecule has 0 N–H and O–H groups in total. The molecule has 2 aromatic rings. The molecule has 4 heteroatoms. The van der Waals surface area contributed by atoms with Crippen LogP contribution in [0.5, 0.6) is 0 Å². The molecule has 20 heavy (non-hydrogen) atoms. The van der Waals surface area contributed by atoms with Crippen molar-refractivity contribution < 1.29 is 9.53 Å². The van der Waals surface area contributed by atoms with Gasteiger partial charge in [-0.05, 0) is 36.8 Å². The fraction of sp³-hybridized carbons (Fsp3) is 0.188. The van der Waals surface area contributed by atoms with Gasteiger partial charge in [-0.1, -0.05) is 41.9 Å². The molecular weight excluding hydrogens is 292 g/mol. The van der Waals surface area contributed by atoms with Gasteiger partial charge in [0.05, 0.1) is 6.61 Å². The number of esters is 1. The molecule has 104 valence electrons. The smallest absolute Gasteiger partial charge is 0.323 e. The van der Waals surface area contributed by atoms with Gasteiger partial charge in [0.15, 0.2) is 0 Å². The average Bonchev–Trinajstić information content (AvgIpc) is 2.47. The van der Waals surface area contributed by atoms with E-state index in [1.807, 2.05) is 49.4 Å². The highest BCUT2D eigenvalue weighted by Gasteiger charge is 2.23. The Labute approximate surface area is 128 Å². The van der Waals surface area contributed by atoms with Gasteiger partial charge < -0.3 is 4.74 Å². The number of carbonyl (C=O) groups is 1. The number of hydrogen-bond donors (Lipinski definition) is 0. The van der Waals surface area contributed by atoms with E-state index >= 15 is 0 Å². The monoisotopic (exact) mass is 306 g/mol. The van der Waals surface area contributed by atoms with E-state index in [4.69, 9.17) is 16.3 Å². The third kappa shape index (κ3) is 4.02. The van der Waals surface area contributed by atoms with E-state index in [0.29, 0.717) is 11.6 Å². The van der Waals surface area contributed by atoms with Crippen LogP contribution < -0.4 is 0 Å². The van der Waals surface area contributed by atoms with Crippen LogP contribution in [0.2, 0.25) is 5.02 Å². The van der Waals surface area contributed by atoms with Crippen LogP contribution in [-0.2, 0) is 9.53 Å². The van der Waals surface area contributed by atoms with E-state index in [1.165, 1.54) is 11.8 Å². The first-order valence-corrected chi connectivity index (χ1v) is 7.60. The van der Waals surface area contributed by atoms with Gasteiger partial charge in [-0.15, -0.1) is 11.8 Å². The summed E-state index contributed by atoms with van der Waals surface area (Å²) in [5.41, 5.74) is 0.890. The van der Waals surface area contributed by atoms with Crippen molar-refractivity contribution >= 4 is 29.3 Å². The molecule has 0 bridgehead atoms. The largest absolute Gasteiger partial charge is 0.465 e. The maximum atomic E-state index is 12.2. The van der Waals surface area contributed by atoms with Crippen molar-refractivity contribution in [3.63, 3.8) is 0 Å². The van der Waals surface area contributed by atoms with E-state index in [-0.39, 0.29) is 11.2 Å². The van der Waals surface area contributed by atoms with Gasteiger partial charge >= 0.3 is 5.97 Å². The van der Waals surface area contributed by atoms with Crippen LogP contribution in [0.25, 0.3) is 0 Å². The second-order valence-electron chi connectivity index (χ2n) is 4.11. The molecule has 0 aliphatic carbocycles. The molecule has 0 saturated carbocycles. The van der Waals surface area contributed by atoms with E-state index in [0.717, 1.165) is 10.5 Å². The molecule has 0 aliphatic heterocycles. The predicted octanol–water partition coefficient (Wildman–Crippen LogP) is 4.74. The molecule has 0 aromatic heterocycles. The summed E-state index contributed by atoms with van der Waals surface area (Å²) < 4.78 is 5.17. The van der Waals surface area contributed by atoms with Crippen LogP contribution in [0.4, 0.5) is 0 Å². The quantitative estimate of drug-likeness (QED) is 0.590. The minimum atomic E-state index is -0.380. The molecule has 0 fully saturated rings. The summed E-state index contributed by atoms with van der Waals surface area (Å²) in [5.74, 6) is -0.233. The summed E-state index contributed by atoms with van der Waals surface area (Å²) in [6.07, 6.45) is 0. The molecular formula is C16H15ClO2S. The van der Waals surface area contributed by atoms with Gasteiger partial charge in [0.1, 0.15) is 5.25 Å². The average molecular weight is 307 g/mol. The number of thioether (sulfide) groups is 1. The van der Waals surface area contributed by atoms with Crippen molar-refractivity contribution in [3.8, 4) is 0 Å². The first kappa shape index (κ1) is 14.9. The normalized spacial score (nSPS) is 11.9. The Balaban J connectivity index is 2.25. The molecule has 0 amide bonds. The lowest BCUT2D eigenvalue weighted by Gasteiger charge is -2.15. The fourth-order valence-corrected chi connectivity index (χ4v) is 2.91. The number of benzene rings is 2. The van der Waals surface area contributed by atoms with Crippen molar-refractivity contribution in [1.82, 2.24) is 0 Å². The Hall–Kier alpha value is -1.45. The minimum Gasteiger partial charge on any atom is -0.465 e. The molecule has 1 atom stereocenters. The third-order valence-corrected chi connectivity index (χ3v) is 4.17. The van der Waals surface area contributed by atoms with Crippen LogP contribution >= 0.6 is 23.4 Å². The zero-order valence-electron chi connectivity index (χ0n) is 11.1. The van der Waals surface area contributed by atoms with Crippen LogP contribution in [0.15, 0.2) is 59.5 Å². The zero-order chi connectivity index (χ0) is 14.4. The zero-order valence-corrected chi connectivity index (χ0v) is 12.7. The topological polar surface area (TPSA) is 26.3 Å². The standard InChI is InChI=1S/C16H15ClO2S/c1-2-19-16(18)15(12-8-10-13(17)11-9-12)20-14-6-4-3-5-7-14/h3-11,15H,2H2,1H3. The molecule has 2 aromatic carbocycles. The Bertz CT molecular complexity index is 554. The van der Waals surface area contributed by atoms with Crippen LogP contribution in [0, 0.1) is 0 Å².